The Balaban J connectivity index is 2.33. The predicted molar refractivity (Wildman–Crippen MR) is 70.4 cm³/mol. The van der Waals surface area contributed by atoms with Crippen LogP contribution in [0.5, 0.6) is 5.75 Å². The first-order valence-corrected chi connectivity index (χ1v) is 6.28. The predicted octanol–water partition coefficient (Wildman–Crippen LogP) is 2.30. The molecule has 0 aliphatic heterocycles. The molecule has 1 unspecified atom stereocenters. The molecule has 0 saturated carbocycles. The van der Waals surface area contributed by atoms with Crippen molar-refractivity contribution in [2.45, 2.75) is 27.0 Å². The normalized spacial score (nSPS) is 12.2. The molecule has 100 valence electrons. The van der Waals surface area contributed by atoms with Crippen LogP contribution in [0.2, 0.25) is 0 Å². The zero-order chi connectivity index (χ0) is 13.4. The highest BCUT2D eigenvalue weighted by molar-refractivity contribution is 5.71. The minimum atomic E-state index is -0.349. The molecule has 0 aromatic heterocycles. The lowest BCUT2D eigenvalue weighted by Gasteiger charge is -2.25. The van der Waals surface area contributed by atoms with Gasteiger partial charge in [0.1, 0.15) is 5.75 Å². The van der Waals surface area contributed by atoms with Gasteiger partial charge in [-0.2, -0.15) is 0 Å². The summed E-state index contributed by atoms with van der Waals surface area (Å²) in [5.74, 6) is 0.322. The molecular weight excluding hydrogens is 230 g/mol. The van der Waals surface area contributed by atoms with Gasteiger partial charge in [0, 0.05) is 0 Å². The lowest BCUT2D eigenvalue weighted by Crippen LogP contribution is -2.37. The molecule has 0 amide bonds. The highest BCUT2D eigenvalue weighted by Crippen LogP contribution is 2.08. The van der Waals surface area contributed by atoms with Crippen LogP contribution in [-0.4, -0.2) is 36.8 Å². The van der Waals surface area contributed by atoms with Crippen LogP contribution in [-0.2, 0) is 9.53 Å². The quantitative estimate of drug-likeness (QED) is 0.550. The van der Waals surface area contributed by atoms with E-state index in [2.05, 4.69) is 4.90 Å². The van der Waals surface area contributed by atoms with Gasteiger partial charge in [0.15, 0.2) is 12.8 Å². The Labute approximate surface area is 108 Å². The van der Waals surface area contributed by atoms with Gasteiger partial charge in [0.25, 0.3) is 0 Å². The van der Waals surface area contributed by atoms with Crippen molar-refractivity contribution in [3.63, 3.8) is 0 Å². The summed E-state index contributed by atoms with van der Waals surface area (Å²) in [7, 11) is 0. The topological polar surface area (TPSA) is 38.8 Å². The smallest absolute Gasteiger partial charge is 0.345 e. The summed E-state index contributed by atoms with van der Waals surface area (Å²) in [6.07, 6.45) is -0.216. The molecule has 1 atom stereocenters. The number of carbonyl (C=O) groups is 1. The summed E-state index contributed by atoms with van der Waals surface area (Å²) in [4.78, 5) is 13.6. The molecule has 0 spiro atoms. The van der Waals surface area contributed by atoms with E-state index in [9.17, 15) is 4.79 Å². The third kappa shape index (κ3) is 4.75. The van der Waals surface area contributed by atoms with Gasteiger partial charge in [-0.25, -0.2) is 4.79 Å². The first-order valence-electron chi connectivity index (χ1n) is 6.28. The number of para-hydroxylation sites is 1. The number of hydrogen-bond acceptors (Lipinski definition) is 4. The van der Waals surface area contributed by atoms with Crippen LogP contribution in [0.3, 0.4) is 0 Å². The molecule has 0 N–H and O–H groups in total. The van der Waals surface area contributed by atoms with E-state index in [0.717, 1.165) is 13.1 Å². The van der Waals surface area contributed by atoms with E-state index in [1.807, 2.05) is 39.0 Å². The Morgan fingerprint density at radius 1 is 1.22 bits per heavy atom. The van der Waals surface area contributed by atoms with E-state index in [-0.39, 0.29) is 18.8 Å². The van der Waals surface area contributed by atoms with Crippen molar-refractivity contribution >= 4 is 5.97 Å². The van der Waals surface area contributed by atoms with E-state index < -0.39 is 0 Å². The highest BCUT2D eigenvalue weighted by atomic mass is 16.6. The largest absolute Gasteiger partial charge is 0.482 e. The van der Waals surface area contributed by atoms with Gasteiger partial charge in [-0.15, -0.1) is 0 Å². The Kier molecular flexibility index (Phi) is 6.22. The molecule has 18 heavy (non-hydrogen) atoms. The van der Waals surface area contributed by atoms with Crippen LogP contribution in [0.25, 0.3) is 0 Å². The Morgan fingerprint density at radius 2 is 1.83 bits per heavy atom. The summed E-state index contributed by atoms with van der Waals surface area (Å²) in [5.41, 5.74) is 0. The van der Waals surface area contributed by atoms with Crippen molar-refractivity contribution in [3.8, 4) is 5.75 Å². The lowest BCUT2D eigenvalue weighted by molar-refractivity contribution is -0.159. The Bertz CT molecular complexity index is 349. The second kappa shape index (κ2) is 7.71. The van der Waals surface area contributed by atoms with Crippen LogP contribution in [0.4, 0.5) is 0 Å². The van der Waals surface area contributed by atoms with Crippen LogP contribution < -0.4 is 4.74 Å². The maximum atomic E-state index is 11.6. The number of ether oxygens (including phenoxy) is 2. The van der Waals surface area contributed by atoms with Gasteiger partial charge in [0.05, 0.1) is 0 Å². The summed E-state index contributed by atoms with van der Waals surface area (Å²) in [5, 5.41) is 0. The average Bonchev–Trinajstić information content (AvgIpc) is 2.39. The fourth-order valence-corrected chi connectivity index (χ4v) is 1.70. The van der Waals surface area contributed by atoms with Crippen molar-refractivity contribution in [3.05, 3.63) is 30.3 Å². The molecule has 4 nitrogen and oxygen atoms in total. The van der Waals surface area contributed by atoms with Gasteiger partial charge < -0.3 is 9.47 Å². The number of rotatable bonds is 7. The molecular formula is C14H21NO3. The third-order valence-corrected chi connectivity index (χ3v) is 2.73. The first kappa shape index (κ1) is 14.5. The number of nitrogens with zero attached hydrogens (tertiary/aromatic N) is 1. The SMILES string of the molecule is CCN(CC)C(C)OC(=O)COc1ccccc1. The fourth-order valence-electron chi connectivity index (χ4n) is 1.70. The third-order valence-electron chi connectivity index (χ3n) is 2.73. The van der Waals surface area contributed by atoms with Crippen LogP contribution >= 0.6 is 0 Å². The zero-order valence-corrected chi connectivity index (χ0v) is 11.3. The molecule has 1 aromatic carbocycles. The molecule has 0 heterocycles. The van der Waals surface area contributed by atoms with E-state index >= 15 is 0 Å². The lowest BCUT2D eigenvalue weighted by atomic mass is 10.3. The second-order valence-corrected chi connectivity index (χ2v) is 3.91. The Morgan fingerprint density at radius 3 is 2.39 bits per heavy atom. The highest BCUT2D eigenvalue weighted by Gasteiger charge is 2.15. The summed E-state index contributed by atoms with van der Waals surface area (Å²) < 4.78 is 10.6. The Hall–Kier alpha value is -1.55. The molecule has 0 saturated heterocycles. The monoisotopic (exact) mass is 251 g/mol. The number of carbonyl (C=O) groups excluding carboxylic acids is 1. The maximum absolute atomic E-state index is 11.6. The second-order valence-electron chi connectivity index (χ2n) is 3.91. The van der Waals surface area contributed by atoms with Crippen molar-refractivity contribution in [1.29, 1.82) is 0 Å². The van der Waals surface area contributed by atoms with Crippen LogP contribution in [0.15, 0.2) is 30.3 Å². The molecule has 0 radical (unpaired) electrons. The van der Waals surface area contributed by atoms with Gasteiger partial charge in [0.2, 0.25) is 0 Å². The van der Waals surface area contributed by atoms with E-state index in [4.69, 9.17) is 9.47 Å². The molecule has 1 rings (SSSR count). The van der Waals surface area contributed by atoms with Crippen molar-refractivity contribution < 1.29 is 14.3 Å². The molecule has 0 bridgehead atoms. The molecule has 1 aromatic rings. The standard InChI is InChI=1S/C14H21NO3/c1-4-15(5-2)12(3)18-14(16)11-17-13-9-7-6-8-10-13/h6-10,12H,4-5,11H2,1-3H3. The van der Waals surface area contributed by atoms with E-state index in [0.29, 0.717) is 5.75 Å². The van der Waals surface area contributed by atoms with Gasteiger partial charge in [-0.1, -0.05) is 32.0 Å². The molecule has 4 heteroatoms. The van der Waals surface area contributed by atoms with Crippen molar-refractivity contribution in [2.24, 2.45) is 0 Å². The van der Waals surface area contributed by atoms with E-state index in [1.165, 1.54) is 0 Å². The van der Waals surface area contributed by atoms with Gasteiger partial charge >= 0.3 is 5.97 Å². The van der Waals surface area contributed by atoms with Crippen molar-refractivity contribution in [1.82, 2.24) is 4.90 Å². The number of benzene rings is 1. The minimum Gasteiger partial charge on any atom is -0.482 e. The zero-order valence-electron chi connectivity index (χ0n) is 11.3. The van der Waals surface area contributed by atoms with E-state index in [1.54, 1.807) is 12.1 Å². The summed E-state index contributed by atoms with van der Waals surface area (Å²) in [6.45, 7) is 7.58. The van der Waals surface area contributed by atoms with Gasteiger partial charge in [-0.3, -0.25) is 4.90 Å². The molecule has 0 aliphatic rings. The summed E-state index contributed by atoms with van der Waals surface area (Å²) in [6, 6.07) is 9.23. The van der Waals surface area contributed by atoms with Gasteiger partial charge in [-0.05, 0) is 32.1 Å². The fraction of sp³-hybridized carbons (Fsp3) is 0.500. The summed E-state index contributed by atoms with van der Waals surface area (Å²) >= 11 is 0. The van der Waals surface area contributed by atoms with Crippen LogP contribution in [0.1, 0.15) is 20.8 Å². The molecule has 0 aliphatic carbocycles. The maximum Gasteiger partial charge on any atom is 0.345 e. The first-order chi connectivity index (χ1) is 8.67. The number of hydrogen-bond donors (Lipinski definition) is 0. The van der Waals surface area contributed by atoms with Crippen molar-refractivity contribution in [2.75, 3.05) is 19.7 Å². The molecule has 0 fully saturated rings. The number of esters is 1. The van der Waals surface area contributed by atoms with Crippen LogP contribution in [0, 0.1) is 0 Å². The minimum absolute atomic E-state index is 0.0599. The average molecular weight is 251 g/mol.